The number of benzodiazepines with no additional fused rings is 1. The summed E-state index contributed by atoms with van der Waals surface area (Å²) in [6.45, 7) is 2.34. The van der Waals surface area contributed by atoms with Crippen molar-refractivity contribution in [3.63, 3.8) is 0 Å². The van der Waals surface area contributed by atoms with Crippen LogP contribution in [-0.4, -0.2) is 50.6 Å². The Labute approximate surface area is 228 Å². The Hall–Kier alpha value is -3.66. The van der Waals surface area contributed by atoms with Gasteiger partial charge in [-0.3, -0.25) is 9.59 Å². The van der Waals surface area contributed by atoms with E-state index in [2.05, 4.69) is 15.6 Å². The van der Waals surface area contributed by atoms with E-state index in [0.29, 0.717) is 39.9 Å². The number of anilines is 1. The van der Waals surface area contributed by atoms with E-state index in [1.54, 1.807) is 37.3 Å². The second-order valence-corrected chi connectivity index (χ2v) is 8.88. The first kappa shape index (κ1) is 27.4. The number of nitrogens with zero attached hydrogens (tertiary/aromatic N) is 1. The SMILES string of the molecule is CCOc1cc(Cl)cc(Cl)c1C1=NC(NC(=O)c2cccc(F)c2OCCOC)C(=O)Nc2ccccc21. The molecule has 3 aromatic carbocycles. The lowest BCUT2D eigenvalue weighted by atomic mass is 9.99. The van der Waals surface area contributed by atoms with Crippen LogP contribution in [0.2, 0.25) is 10.0 Å². The van der Waals surface area contributed by atoms with Crippen molar-refractivity contribution in [3.8, 4) is 11.5 Å². The number of carbonyl (C=O) groups is 2. The maximum Gasteiger partial charge on any atom is 0.269 e. The second-order valence-electron chi connectivity index (χ2n) is 8.04. The van der Waals surface area contributed by atoms with Crippen LogP contribution < -0.4 is 20.1 Å². The van der Waals surface area contributed by atoms with E-state index in [1.807, 2.05) is 0 Å². The fourth-order valence-corrected chi connectivity index (χ4v) is 4.43. The van der Waals surface area contributed by atoms with Gasteiger partial charge in [0.05, 0.1) is 40.8 Å². The zero-order valence-electron chi connectivity index (χ0n) is 20.5. The Morgan fingerprint density at radius 1 is 1.11 bits per heavy atom. The Balaban J connectivity index is 1.78. The maximum absolute atomic E-state index is 14.5. The van der Waals surface area contributed by atoms with Gasteiger partial charge in [-0.15, -0.1) is 0 Å². The average Bonchev–Trinajstić information content (AvgIpc) is 3.01. The molecule has 4 rings (SSSR count). The van der Waals surface area contributed by atoms with Gasteiger partial charge in [-0.1, -0.05) is 47.5 Å². The van der Waals surface area contributed by atoms with E-state index in [1.165, 1.54) is 31.4 Å². The molecule has 1 atom stereocenters. The zero-order valence-corrected chi connectivity index (χ0v) is 22.0. The summed E-state index contributed by atoms with van der Waals surface area (Å²) in [5.41, 5.74) is 1.60. The summed E-state index contributed by atoms with van der Waals surface area (Å²) in [6, 6.07) is 14.0. The number of para-hydroxylation sites is 2. The van der Waals surface area contributed by atoms with Crippen LogP contribution in [0.5, 0.6) is 11.5 Å². The number of rotatable bonds is 9. The van der Waals surface area contributed by atoms with Gasteiger partial charge < -0.3 is 24.8 Å². The van der Waals surface area contributed by atoms with Gasteiger partial charge in [-0.2, -0.15) is 0 Å². The van der Waals surface area contributed by atoms with Crippen LogP contribution in [0.1, 0.15) is 28.4 Å². The largest absolute Gasteiger partial charge is 0.493 e. The third-order valence-electron chi connectivity index (χ3n) is 5.52. The minimum atomic E-state index is -1.40. The summed E-state index contributed by atoms with van der Waals surface area (Å²) >= 11 is 12.8. The molecule has 2 amide bonds. The molecule has 0 radical (unpaired) electrons. The van der Waals surface area contributed by atoms with E-state index in [4.69, 9.17) is 37.4 Å². The van der Waals surface area contributed by atoms with Gasteiger partial charge in [-0.25, -0.2) is 9.38 Å². The highest BCUT2D eigenvalue weighted by Gasteiger charge is 2.30. The van der Waals surface area contributed by atoms with E-state index in [-0.39, 0.29) is 29.5 Å². The highest BCUT2D eigenvalue weighted by molar-refractivity contribution is 6.39. The first-order chi connectivity index (χ1) is 18.3. The van der Waals surface area contributed by atoms with Crippen molar-refractivity contribution >= 4 is 46.4 Å². The van der Waals surface area contributed by atoms with Crippen LogP contribution in [0.25, 0.3) is 0 Å². The minimum absolute atomic E-state index is 0.0223. The highest BCUT2D eigenvalue weighted by Crippen LogP contribution is 2.36. The molecule has 2 N–H and O–H groups in total. The number of fused-ring (bicyclic) bond motifs is 1. The van der Waals surface area contributed by atoms with Crippen LogP contribution in [0.4, 0.5) is 10.1 Å². The standard InChI is InChI=1S/C27H24Cl2FN3O5/c1-3-37-21-14-15(28)13-18(29)22(21)23-16-7-4-5-10-20(16)31-27(35)25(32-23)33-26(34)17-8-6-9-19(30)24(17)38-12-11-36-2/h4-10,13-14,25H,3,11-12H2,1-2H3,(H,31,35)(H,33,34). The molecule has 0 bridgehead atoms. The molecule has 3 aromatic rings. The third-order valence-corrected chi connectivity index (χ3v) is 6.03. The molecule has 0 saturated carbocycles. The maximum atomic E-state index is 14.5. The summed E-state index contributed by atoms with van der Waals surface area (Å²) in [7, 11) is 1.47. The Morgan fingerprint density at radius 3 is 2.66 bits per heavy atom. The van der Waals surface area contributed by atoms with E-state index in [9.17, 15) is 14.0 Å². The van der Waals surface area contributed by atoms with Crippen molar-refractivity contribution in [2.75, 3.05) is 32.2 Å². The number of amides is 2. The minimum Gasteiger partial charge on any atom is -0.493 e. The molecule has 1 unspecified atom stereocenters. The number of carbonyl (C=O) groups excluding carboxylic acids is 2. The number of aliphatic imine (C=N–C) groups is 1. The second kappa shape index (κ2) is 12.3. The van der Waals surface area contributed by atoms with Crippen LogP contribution in [0, 0.1) is 5.82 Å². The number of halogens is 3. The van der Waals surface area contributed by atoms with Crippen molar-refractivity contribution in [3.05, 3.63) is 87.2 Å². The molecule has 0 fully saturated rings. The summed E-state index contributed by atoms with van der Waals surface area (Å²) in [6.07, 6.45) is -1.40. The van der Waals surface area contributed by atoms with Gasteiger partial charge in [0.25, 0.3) is 11.8 Å². The highest BCUT2D eigenvalue weighted by atomic mass is 35.5. The molecule has 1 aliphatic rings. The van der Waals surface area contributed by atoms with Gasteiger partial charge >= 0.3 is 0 Å². The molecule has 0 saturated heterocycles. The van der Waals surface area contributed by atoms with Crippen LogP contribution in [0.3, 0.4) is 0 Å². The molecular weight excluding hydrogens is 536 g/mol. The van der Waals surface area contributed by atoms with Gasteiger partial charge in [0.15, 0.2) is 11.6 Å². The van der Waals surface area contributed by atoms with Crippen molar-refractivity contribution in [2.24, 2.45) is 4.99 Å². The third kappa shape index (κ3) is 5.91. The number of ether oxygens (including phenoxy) is 3. The van der Waals surface area contributed by atoms with E-state index >= 15 is 0 Å². The predicted molar refractivity (Wildman–Crippen MR) is 143 cm³/mol. The zero-order chi connectivity index (χ0) is 27.2. The topological polar surface area (TPSA) is 98.2 Å². The summed E-state index contributed by atoms with van der Waals surface area (Å²) < 4.78 is 30.7. The smallest absolute Gasteiger partial charge is 0.269 e. The molecule has 0 spiro atoms. The van der Waals surface area contributed by atoms with Crippen LogP contribution >= 0.6 is 23.2 Å². The first-order valence-electron chi connectivity index (χ1n) is 11.7. The van der Waals surface area contributed by atoms with Crippen molar-refractivity contribution in [1.29, 1.82) is 0 Å². The molecule has 1 aliphatic heterocycles. The molecular formula is C27H24Cl2FN3O5. The summed E-state index contributed by atoms with van der Waals surface area (Å²) in [4.78, 5) is 31.1. The monoisotopic (exact) mass is 559 g/mol. The summed E-state index contributed by atoms with van der Waals surface area (Å²) in [5.74, 6) is -2.01. The van der Waals surface area contributed by atoms with E-state index < -0.39 is 23.8 Å². The molecule has 1 heterocycles. The van der Waals surface area contributed by atoms with Gasteiger partial charge in [-0.05, 0) is 37.3 Å². The fraction of sp³-hybridized carbons (Fsp3) is 0.222. The van der Waals surface area contributed by atoms with E-state index in [0.717, 1.165) is 0 Å². The molecule has 198 valence electrons. The average molecular weight is 560 g/mol. The molecule has 0 aromatic heterocycles. The van der Waals surface area contributed by atoms with Gasteiger partial charge in [0.2, 0.25) is 6.17 Å². The molecule has 8 nitrogen and oxygen atoms in total. The van der Waals surface area contributed by atoms with Crippen LogP contribution in [-0.2, 0) is 9.53 Å². The molecule has 0 aliphatic carbocycles. The van der Waals surface area contributed by atoms with Gasteiger partial charge in [0.1, 0.15) is 12.4 Å². The Morgan fingerprint density at radius 2 is 1.89 bits per heavy atom. The fourth-order valence-electron chi connectivity index (χ4n) is 3.87. The number of benzene rings is 3. The van der Waals surface area contributed by atoms with Crippen molar-refractivity contribution < 1.29 is 28.2 Å². The van der Waals surface area contributed by atoms with Crippen LogP contribution in [0.15, 0.2) is 59.6 Å². The molecule has 11 heteroatoms. The lowest BCUT2D eigenvalue weighted by Crippen LogP contribution is -2.42. The van der Waals surface area contributed by atoms with Crippen molar-refractivity contribution in [1.82, 2.24) is 5.32 Å². The quantitative estimate of drug-likeness (QED) is 0.355. The first-order valence-corrected chi connectivity index (χ1v) is 12.4. The van der Waals surface area contributed by atoms with Crippen molar-refractivity contribution in [2.45, 2.75) is 13.1 Å². The Kier molecular flexibility index (Phi) is 8.83. The summed E-state index contributed by atoms with van der Waals surface area (Å²) in [5, 5.41) is 5.95. The normalized spacial score (nSPS) is 14.6. The number of hydrogen-bond donors (Lipinski definition) is 2. The lowest BCUT2D eigenvalue weighted by molar-refractivity contribution is -0.117. The Bertz CT molecular complexity index is 1400. The number of nitrogens with one attached hydrogen (secondary N) is 2. The molecule has 38 heavy (non-hydrogen) atoms. The predicted octanol–water partition coefficient (Wildman–Crippen LogP) is 5.10. The number of methoxy groups -OCH3 is 1. The number of hydrogen-bond acceptors (Lipinski definition) is 6. The lowest BCUT2D eigenvalue weighted by Gasteiger charge is -2.17. The van der Waals surface area contributed by atoms with Gasteiger partial charge in [0, 0.05) is 17.7 Å².